The third-order valence-corrected chi connectivity index (χ3v) is 2.97. The van der Waals surface area contributed by atoms with Gasteiger partial charge >= 0.3 is 6.18 Å². The number of unbranched alkanes of at least 4 members (excludes halogenated alkanes) is 3. The second-order valence-corrected chi connectivity index (χ2v) is 4.60. The fourth-order valence-electron chi connectivity index (χ4n) is 1.94. The van der Waals surface area contributed by atoms with Crippen LogP contribution in [0.1, 0.15) is 45.4 Å². The van der Waals surface area contributed by atoms with Gasteiger partial charge in [-0.05, 0) is 12.8 Å². The van der Waals surface area contributed by atoms with Gasteiger partial charge in [-0.2, -0.15) is 13.2 Å². The predicted molar refractivity (Wildman–Crippen MR) is 60.1 cm³/mol. The van der Waals surface area contributed by atoms with Crippen LogP contribution in [0.5, 0.6) is 0 Å². The molecular formula is C12H21F3O3. The molecule has 0 aliphatic carbocycles. The monoisotopic (exact) mass is 270 g/mol. The number of ether oxygens (including phenoxy) is 2. The molecule has 108 valence electrons. The first-order chi connectivity index (χ1) is 8.45. The van der Waals surface area contributed by atoms with Crippen molar-refractivity contribution in [3.63, 3.8) is 0 Å². The lowest BCUT2D eigenvalue weighted by Crippen LogP contribution is -2.48. The van der Waals surface area contributed by atoms with E-state index in [1.807, 2.05) is 0 Å². The molecule has 0 amide bonds. The maximum atomic E-state index is 12.5. The van der Waals surface area contributed by atoms with Gasteiger partial charge in [-0.15, -0.1) is 0 Å². The summed E-state index contributed by atoms with van der Waals surface area (Å²) in [5.41, 5.74) is 0. The zero-order valence-electron chi connectivity index (χ0n) is 10.6. The quantitative estimate of drug-likeness (QED) is 0.754. The summed E-state index contributed by atoms with van der Waals surface area (Å²) in [6.07, 6.45) is -4.59. The summed E-state index contributed by atoms with van der Waals surface area (Å²) in [5.74, 6) is 0. The van der Waals surface area contributed by atoms with Crippen molar-refractivity contribution in [2.75, 3.05) is 6.61 Å². The van der Waals surface area contributed by atoms with E-state index < -0.39 is 24.7 Å². The molecule has 0 saturated carbocycles. The number of halogens is 3. The summed E-state index contributed by atoms with van der Waals surface area (Å²) >= 11 is 0. The lowest BCUT2D eigenvalue weighted by Gasteiger charge is -2.34. The van der Waals surface area contributed by atoms with Crippen molar-refractivity contribution in [2.24, 2.45) is 0 Å². The van der Waals surface area contributed by atoms with Gasteiger partial charge in [-0.3, -0.25) is 0 Å². The van der Waals surface area contributed by atoms with Crippen LogP contribution in [-0.2, 0) is 9.47 Å². The van der Waals surface area contributed by atoms with Gasteiger partial charge < -0.3 is 14.6 Å². The zero-order chi connectivity index (χ0) is 13.6. The fraction of sp³-hybridized carbons (Fsp3) is 1.00. The van der Waals surface area contributed by atoms with Gasteiger partial charge in [0.25, 0.3) is 0 Å². The molecule has 0 radical (unpaired) electrons. The van der Waals surface area contributed by atoms with E-state index in [0.29, 0.717) is 13.0 Å². The molecule has 0 aromatic heterocycles. The Morgan fingerprint density at radius 1 is 1.22 bits per heavy atom. The Morgan fingerprint density at radius 3 is 2.56 bits per heavy atom. The van der Waals surface area contributed by atoms with Crippen LogP contribution in [-0.4, -0.2) is 36.4 Å². The number of hydrogen-bond donors (Lipinski definition) is 1. The van der Waals surface area contributed by atoms with Crippen LogP contribution in [0.25, 0.3) is 0 Å². The summed E-state index contributed by atoms with van der Waals surface area (Å²) in [6, 6.07) is 0. The van der Waals surface area contributed by atoms with Crippen molar-refractivity contribution in [2.45, 2.75) is 70.1 Å². The van der Waals surface area contributed by atoms with Crippen LogP contribution in [0.2, 0.25) is 0 Å². The Kier molecular flexibility index (Phi) is 6.38. The first kappa shape index (κ1) is 15.7. The van der Waals surface area contributed by atoms with E-state index in [1.165, 1.54) is 0 Å². The summed E-state index contributed by atoms with van der Waals surface area (Å²) in [4.78, 5) is 0. The number of aliphatic hydroxyl groups is 1. The van der Waals surface area contributed by atoms with E-state index >= 15 is 0 Å². The average Bonchev–Trinajstić information content (AvgIpc) is 2.29. The zero-order valence-corrected chi connectivity index (χ0v) is 10.6. The Balaban J connectivity index is 2.27. The average molecular weight is 270 g/mol. The highest BCUT2D eigenvalue weighted by molar-refractivity contribution is 4.81. The molecule has 0 spiro atoms. The molecule has 1 rings (SSSR count). The molecule has 0 aromatic rings. The molecule has 18 heavy (non-hydrogen) atoms. The van der Waals surface area contributed by atoms with Crippen molar-refractivity contribution in [3.8, 4) is 0 Å². The van der Waals surface area contributed by atoms with Gasteiger partial charge in [0.05, 0.1) is 6.10 Å². The van der Waals surface area contributed by atoms with Crippen LogP contribution in [0.3, 0.4) is 0 Å². The van der Waals surface area contributed by atoms with Gasteiger partial charge in [0.15, 0.2) is 12.4 Å². The first-order valence-electron chi connectivity index (χ1n) is 6.47. The molecule has 1 N–H and O–H groups in total. The number of hydrogen-bond acceptors (Lipinski definition) is 3. The molecule has 1 heterocycles. The molecule has 0 bridgehead atoms. The smallest absolute Gasteiger partial charge is 0.390 e. The minimum Gasteiger partial charge on any atom is -0.390 e. The Morgan fingerprint density at radius 2 is 1.94 bits per heavy atom. The standard InChI is InChI=1S/C12H21F3O3/c1-2-3-4-5-8-17-10-7-6-9(16)11(18-10)12(13,14)15/h9-11,16H,2-8H2,1H3/t9?,10-,11?/m0/s1. The van der Waals surface area contributed by atoms with E-state index in [-0.39, 0.29) is 6.42 Å². The molecule has 2 unspecified atom stereocenters. The van der Waals surface area contributed by atoms with Crippen LogP contribution in [0.15, 0.2) is 0 Å². The van der Waals surface area contributed by atoms with Gasteiger partial charge in [0.2, 0.25) is 0 Å². The number of rotatable bonds is 6. The van der Waals surface area contributed by atoms with Gasteiger partial charge in [0, 0.05) is 13.0 Å². The highest BCUT2D eigenvalue weighted by Crippen LogP contribution is 2.32. The summed E-state index contributed by atoms with van der Waals surface area (Å²) in [6.45, 7) is 2.49. The van der Waals surface area contributed by atoms with Crippen molar-refractivity contribution in [3.05, 3.63) is 0 Å². The normalized spacial score (nSPS) is 29.5. The van der Waals surface area contributed by atoms with Crippen molar-refractivity contribution in [1.82, 2.24) is 0 Å². The first-order valence-corrected chi connectivity index (χ1v) is 6.47. The molecule has 1 aliphatic rings. The molecule has 1 aliphatic heterocycles. The lowest BCUT2D eigenvalue weighted by molar-refractivity contribution is -0.311. The van der Waals surface area contributed by atoms with Gasteiger partial charge in [0.1, 0.15) is 0 Å². The van der Waals surface area contributed by atoms with Crippen LogP contribution < -0.4 is 0 Å². The van der Waals surface area contributed by atoms with E-state index in [4.69, 9.17) is 9.47 Å². The third kappa shape index (κ3) is 5.12. The highest BCUT2D eigenvalue weighted by atomic mass is 19.4. The molecule has 6 heteroatoms. The van der Waals surface area contributed by atoms with E-state index in [0.717, 1.165) is 25.7 Å². The van der Waals surface area contributed by atoms with E-state index in [9.17, 15) is 18.3 Å². The highest BCUT2D eigenvalue weighted by Gasteiger charge is 2.48. The van der Waals surface area contributed by atoms with Crippen LogP contribution >= 0.6 is 0 Å². The predicted octanol–water partition coefficient (Wildman–Crippen LogP) is 3.01. The van der Waals surface area contributed by atoms with Gasteiger partial charge in [-0.25, -0.2) is 0 Å². The minimum atomic E-state index is -4.54. The summed E-state index contributed by atoms with van der Waals surface area (Å²) in [5, 5.41) is 9.26. The molecule has 1 saturated heterocycles. The minimum absolute atomic E-state index is 0.0593. The summed E-state index contributed by atoms with van der Waals surface area (Å²) in [7, 11) is 0. The molecule has 0 aromatic carbocycles. The second kappa shape index (κ2) is 7.31. The van der Waals surface area contributed by atoms with Crippen molar-refractivity contribution in [1.29, 1.82) is 0 Å². The van der Waals surface area contributed by atoms with Crippen molar-refractivity contribution < 1.29 is 27.8 Å². The van der Waals surface area contributed by atoms with Gasteiger partial charge in [-0.1, -0.05) is 26.2 Å². The van der Waals surface area contributed by atoms with Crippen LogP contribution in [0.4, 0.5) is 13.2 Å². The fourth-order valence-corrected chi connectivity index (χ4v) is 1.94. The maximum Gasteiger partial charge on any atom is 0.417 e. The topological polar surface area (TPSA) is 38.7 Å². The summed E-state index contributed by atoms with van der Waals surface area (Å²) < 4.78 is 47.6. The second-order valence-electron chi connectivity index (χ2n) is 4.60. The van der Waals surface area contributed by atoms with E-state index in [1.54, 1.807) is 0 Å². The van der Waals surface area contributed by atoms with Crippen LogP contribution in [0, 0.1) is 0 Å². The Hall–Kier alpha value is -0.330. The SMILES string of the molecule is CCCCCCO[C@@H]1CCC(O)C(C(F)(F)F)O1. The van der Waals surface area contributed by atoms with E-state index in [2.05, 4.69) is 6.92 Å². The lowest BCUT2D eigenvalue weighted by atomic mass is 10.0. The Labute approximate surface area is 105 Å². The van der Waals surface area contributed by atoms with Crippen molar-refractivity contribution >= 4 is 0 Å². The molecule has 3 nitrogen and oxygen atoms in total. The largest absolute Gasteiger partial charge is 0.417 e. The third-order valence-electron chi connectivity index (χ3n) is 2.97. The Bertz CT molecular complexity index is 233. The maximum absolute atomic E-state index is 12.5. The number of aliphatic hydroxyl groups excluding tert-OH is 1. The molecule has 1 fully saturated rings. The molecular weight excluding hydrogens is 249 g/mol. The number of alkyl halides is 3. The molecule has 3 atom stereocenters.